The maximum atomic E-state index is 13.5. The van der Waals surface area contributed by atoms with Crippen LogP contribution in [0.4, 0.5) is 4.39 Å². The molecule has 0 radical (unpaired) electrons. The van der Waals surface area contributed by atoms with Gasteiger partial charge < -0.3 is 0 Å². The average molecular weight is 167 g/mol. The van der Waals surface area contributed by atoms with E-state index in [1.807, 2.05) is 20.8 Å². The lowest BCUT2D eigenvalue weighted by Gasteiger charge is -2.07. The van der Waals surface area contributed by atoms with Gasteiger partial charge in [-0.2, -0.15) is 0 Å². The summed E-state index contributed by atoms with van der Waals surface area (Å²) < 4.78 is 13.5. The molecule has 0 aliphatic carbocycles. The summed E-state index contributed by atoms with van der Waals surface area (Å²) in [6, 6.07) is 1.74. The van der Waals surface area contributed by atoms with E-state index in [1.165, 1.54) is 0 Å². The molecule has 66 valence electrons. The zero-order chi connectivity index (χ0) is 9.14. The van der Waals surface area contributed by atoms with E-state index in [2.05, 4.69) is 4.98 Å². The molecule has 0 aliphatic heterocycles. The number of aromatic nitrogens is 1. The maximum Gasteiger partial charge on any atom is 0.148 e. The van der Waals surface area contributed by atoms with Crippen LogP contribution in [0.15, 0.2) is 12.3 Å². The van der Waals surface area contributed by atoms with Crippen LogP contribution in [0.3, 0.4) is 0 Å². The molecule has 0 fully saturated rings. The van der Waals surface area contributed by atoms with Gasteiger partial charge in [0, 0.05) is 6.20 Å². The van der Waals surface area contributed by atoms with Crippen LogP contribution < -0.4 is 0 Å². The zero-order valence-corrected chi connectivity index (χ0v) is 7.76. The van der Waals surface area contributed by atoms with Crippen LogP contribution in [0.25, 0.3) is 0 Å². The Balaban J connectivity index is 3.14. The van der Waals surface area contributed by atoms with Gasteiger partial charge in [0.2, 0.25) is 0 Å². The Morgan fingerprint density at radius 2 is 2.17 bits per heavy atom. The molecule has 0 aliphatic rings. The second-order valence-corrected chi connectivity index (χ2v) is 3.18. The first-order valence-electron chi connectivity index (χ1n) is 4.30. The van der Waals surface area contributed by atoms with E-state index >= 15 is 0 Å². The summed E-state index contributed by atoms with van der Waals surface area (Å²) in [5.74, 6) is 0.0338. The molecular weight excluding hydrogens is 153 g/mol. The van der Waals surface area contributed by atoms with E-state index in [4.69, 9.17) is 0 Å². The molecule has 1 aromatic rings. The number of halogens is 1. The normalized spacial score (nSPS) is 10.8. The average Bonchev–Trinajstić information content (AvgIpc) is 2.04. The molecule has 1 rings (SSSR count). The molecule has 0 spiro atoms. The largest absolute Gasteiger partial charge is 0.258 e. The van der Waals surface area contributed by atoms with Crippen molar-refractivity contribution in [2.24, 2.45) is 0 Å². The quantitative estimate of drug-likeness (QED) is 0.660. The molecule has 0 saturated carbocycles. The third-order valence-electron chi connectivity index (χ3n) is 1.92. The highest BCUT2D eigenvalue weighted by Gasteiger charge is 2.10. The van der Waals surface area contributed by atoms with Crippen molar-refractivity contribution in [2.45, 2.75) is 33.1 Å². The van der Waals surface area contributed by atoms with Crippen LogP contribution in [0.2, 0.25) is 0 Å². The highest BCUT2D eigenvalue weighted by molar-refractivity contribution is 5.21. The van der Waals surface area contributed by atoms with Gasteiger partial charge in [-0.1, -0.05) is 20.8 Å². The molecule has 12 heavy (non-hydrogen) atoms. The van der Waals surface area contributed by atoms with Gasteiger partial charge in [0.15, 0.2) is 0 Å². The van der Waals surface area contributed by atoms with Crippen LogP contribution >= 0.6 is 0 Å². The predicted molar refractivity (Wildman–Crippen MR) is 47.7 cm³/mol. The highest BCUT2D eigenvalue weighted by Crippen LogP contribution is 2.18. The van der Waals surface area contributed by atoms with Crippen molar-refractivity contribution in [2.75, 3.05) is 0 Å². The van der Waals surface area contributed by atoms with Crippen LogP contribution in [-0.4, -0.2) is 4.98 Å². The number of aryl methyl sites for hydroxylation is 1. The van der Waals surface area contributed by atoms with Crippen molar-refractivity contribution in [1.29, 1.82) is 0 Å². The van der Waals surface area contributed by atoms with E-state index < -0.39 is 0 Å². The van der Waals surface area contributed by atoms with Gasteiger partial charge in [0.25, 0.3) is 0 Å². The van der Waals surface area contributed by atoms with Crippen molar-refractivity contribution < 1.29 is 4.39 Å². The molecule has 1 heterocycles. The van der Waals surface area contributed by atoms with Crippen molar-refractivity contribution in [3.8, 4) is 0 Å². The molecule has 1 nitrogen and oxygen atoms in total. The Kier molecular flexibility index (Phi) is 2.79. The van der Waals surface area contributed by atoms with E-state index in [1.54, 1.807) is 12.3 Å². The molecule has 0 unspecified atom stereocenters. The lowest BCUT2D eigenvalue weighted by molar-refractivity contribution is 0.571. The van der Waals surface area contributed by atoms with Crippen molar-refractivity contribution >= 4 is 0 Å². The van der Waals surface area contributed by atoms with E-state index in [9.17, 15) is 4.39 Å². The number of hydrogen-bond acceptors (Lipinski definition) is 1. The summed E-state index contributed by atoms with van der Waals surface area (Å²) in [5.41, 5.74) is 1.34. The Morgan fingerprint density at radius 1 is 1.50 bits per heavy atom. The van der Waals surface area contributed by atoms with Gasteiger partial charge in [0.05, 0.1) is 5.69 Å². The molecule has 0 saturated heterocycles. The number of pyridine rings is 1. The fourth-order valence-corrected chi connectivity index (χ4v) is 1.18. The minimum Gasteiger partial charge on any atom is -0.258 e. The second kappa shape index (κ2) is 3.65. The number of rotatable bonds is 2. The van der Waals surface area contributed by atoms with E-state index in [0.717, 1.165) is 12.0 Å². The molecule has 0 aromatic carbocycles. The molecule has 1 aromatic heterocycles. The van der Waals surface area contributed by atoms with Crippen molar-refractivity contribution in [3.05, 3.63) is 29.3 Å². The molecule has 0 N–H and O–H groups in total. The van der Waals surface area contributed by atoms with Gasteiger partial charge >= 0.3 is 0 Å². The molecular formula is C10H14FN. The third-order valence-corrected chi connectivity index (χ3v) is 1.92. The minimum atomic E-state index is -0.130. The van der Waals surface area contributed by atoms with Crippen LogP contribution in [0.1, 0.15) is 37.9 Å². The molecule has 0 bridgehead atoms. The first kappa shape index (κ1) is 9.17. The van der Waals surface area contributed by atoms with Gasteiger partial charge in [-0.15, -0.1) is 0 Å². The second-order valence-electron chi connectivity index (χ2n) is 3.18. The van der Waals surface area contributed by atoms with Crippen molar-refractivity contribution in [3.63, 3.8) is 0 Å². The van der Waals surface area contributed by atoms with E-state index in [-0.39, 0.29) is 11.7 Å². The van der Waals surface area contributed by atoms with Gasteiger partial charge in [-0.05, 0) is 24.0 Å². The summed E-state index contributed by atoms with van der Waals surface area (Å²) in [7, 11) is 0. The Hall–Kier alpha value is -0.920. The highest BCUT2D eigenvalue weighted by atomic mass is 19.1. The maximum absolute atomic E-state index is 13.5. The summed E-state index contributed by atoms with van der Waals surface area (Å²) in [4.78, 5) is 4.01. The van der Waals surface area contributed by atoms with E-state index in [0.29, 0.717) is 5.69 Å². The van der Waals surface area contributed by atoms with Crippen LogP contribution in [0.5, 0.6) is 0 Å². The third kappa shape index (κ3) is 1.63. The molecule has 0 amide bonds. The predicted octanol–water partition coefficient (Wildman–Crippen LogP) is 2.91. The minimum absolute atomic E-state index is 0.130. The Bertz CT molecular complexity index is 269. The Morgan fingerprint density at radius 3 is 2.67 bits per heavy atom. The standard InChI is InChI=1S/C10H14FN/c1-4-8-5-6-12-10(7(2)3)9(8)11/h5-7H,4H2,1-3H3. The lowest BCUT2D eigenvalue weighted by Crippen LogP contribution is -2.00. The zero-order valence-electron chi connectivity index (χ0n) is 7.76. The Labute approximate surface area is 72.6 Å². The molecule has 0 atom stereocenters. The summed E-state index contributed by atoms with van der Waals surface area (Å²) in [6.07, 6.45) is 2.41. The monoisotopic (exact) mass is 167 g/mol. The smallest absolute Gasteiger partial charge is 0.148 e. The molecule has 2 heteroatoms. The van der Waals surface area contributed by atoms with Crippen LogP contribution in [-0.2, 0) is 6.42 Å². The van der Waals surface area contributed by atoms with Crippen molar-refractivity contribution in [1.82, 2.24) is 4.98 Å². The summed E-state index contributed by atoms with van der Waals surface area (Å²) in [5, 5.41) is 0. The fraction of sp³-hybridized carbons (Fsp3) is 0.500. The van der Waals surface area contributed by atoms with Gasteiger partial charge in [-0.25, -0.2) is 4.39 Å². The topological polar surface area (TPSA) is 12.9 Å². The number of hydrogen-bond donors (Lipinski definition) is 0. The fourth-order valence-electron chi connectivity index (χ4n) is 1.18. The lowest BCUT2D eigenvalue weighted by atomic mass is 10.1. The van der Waals surface area contributed by atoms with Gasteiger partial charge in [-0.3, -0.25) is 4.98 Å². The first-order valence-corrected chi connectivity index (χ1v) is 4.30. The van der Waals surface area contributed by atoms with Gasteiger partial charge in [0.1, 0.15) is 5.82 Å². The first-order chi connectivity index (χ1) is 5.66. The SMILES string of the molecule is CCc1ccnc(C(C)C)c1F. The summed E-state index contributed by atoms with van der Waals surface area (Å²) >= 11 is 0. The van der Waals surface area contributed by atoms with Crippen LogP contribution in [0, 0.1) is 5.82 Å². The summed E-state index contributed by atoms with van der Waals surface area (Å²) in [6.45, 7) is 5.85. The number of nitrogens with zero attached hydrogens (tertiary/aromatic N) is 1.